The van der Waals surface area contributed by atoms with Gasteiger partial charge in [0.25, 0.3) is 5.91 Å². The van der Waals surface area contributed by atoms with Gasteiger partial charge in [-0.05, 0) is 50.1 Å². The minimum Gasteiger partial charge on any atom is -0.508 e. The van der Waals surface area contributed by atoms with Crippen molar-refractivity contribution >= 4 is 5.91 Å². The number of aliphatic hydroxyl groups is 1. The lowest BCUT2D eigenvalue weighted by Gasteiger charge is -2.29. The van der Waals surface area contributed by atoms with Crippen molar-refractivity contribution in [2.24, 2.45) is 0 Å². The van der Waals surface area contributed by atoms with Gasteiger partial charge in [0.1, 0.15) is 5.75 Å². The number of phenolic OH excluding ortho intramolecular Hbond substituents is 1. The fourth-order valence-corrected chi connectivity index (χ4v) is 3.91. The van der Waals surface area contributed by atoms with Crippen LogP contribution in [0.4, 0.5) is 0 Å². The summed E-state index contributed by atoms with van der Waals surface area (Å²) in [5.74, 6) is 0.0763. The second-order valence-electron chi connectivity index (χ2n) is 7.61. The lowest BCUT2D eigenvalue weighted by molar-refractivity contribution is 0.0661. The molecule has 0 radical (unpaired) electrons. The molecule has 2 aliphatic heterocycles. The Morgan fingerprint density at radius 3 is 2.89 bits per heavy atom. The van der Waals surface area contributed by atoms with E-state index in [0.29, 0.717) is 31.7 Å². The number of phenols is 1. The summed E-state index contributed by atoms with van der Waals surface area (Å²) < 4.78 is 1.98. The molecule has 1 fully saturated rings. The number of rotatable bonds is 3. The Hall–Kier alpha value is -2.38. The van der Waals surface area contributed by atoms with Crippen LogP contribution in [0.15, 0.2) is 24.3 Å². The van der Waals surface area contributed by atoms with Crippen molar-refractivity contribution in [2.75, 3.05) is 19.6 Å². The molecule has 1 aromatic carbocycles. The number of aliphatic hydroxyl groups excluding tert-OH is 1. The van der Waals surface area contributed by atoms with E-state index in [0.717, 1.165) is 42.9 Å². The highest BCUT2D eigenvalue weighted by Gasteiger charge is 2.25. The smallest absolute Gasteiger partial charge is 0.254 e. The van der Waals surface area contributed by atoms with E-state index in [1.54, 1.807) is 17.0 Å². The third kappa shape index (κ3) is 3.84. The molecule has 2 aromatic rings. The Balaban J connectivity index is 1.44. The van der Waals surface area contributed by atoms with E-state index in [2.05, 4.69) is 16.1 Å². The molecule has 0 bridgehead atoms. The van der Waals surface area contributed by atoms with Gasteiger partial charge in [-0.15, -0.1) is 0 Å². The first-order chi connectivity index (χ1) is 13.0. The van der Waals surface area contributed by atoms with Crippen LogP contribution >= 0.6 is 0 Å². The van der Waals surface area contributed by atoms with E-state index >= 15 is 0 Å². The number of amides is 1. The number of aromatic hydroxyl groups is 1. The van der Waals surface area contributed by atoms with Gasteiger partial charge >= 0.3 is 0 Å². The van der Waals surface area contributed by atoms with E-state index in [1.165, 1.54) is 6.07 Å². The first-order valence-corrected chi connectivity index (χ1v) is 9.54. The molecule has 3 heterocycles. The summed E-state index contributed by atoms with van der Waals surface area (Å²) in [7, 11) is 0. The molecule has 0 saturated carbocycles. The fraction of sp³-hybridized carbons (Fsp3) is 0.500. The Labute approximate surface area is 158 Å². The lowest BCUT2D eigenvalue weighted by Crippen LogP contribution is -2.38. The minimum atomic E-state index is -0.241. The molecular formula is C20H26N4O3. The number of piperidine rings is 1. The van der Waals surface area contributed by atoms with E-state index < -0.39 is 0 Å². The van der Waals surface area contributed by atoms with Crippen LogP contribution in [-0.4, -0.2) is 61.4 Å². The summed E-state index contributed by atoms with van der Waals surface area (Å²) in [5, 5.41) is 24.4. The molecule has 1 aromatic heterocycles. The maximum atomic E-state index is 12.8. The van der Waals surface area contributed by atoms with Crippen molar-refractivity contribution in [3.05, 3.63) is 46.8 Å². The van der Waals surface area contributed by atoms with Crippen molar-refractivity contribution < 1.29 is 15.0 Å². The van der Waals surface area contributed by atoms with E-state index in [1.807, 2.05) is 11.6 Å². The van der Waals surface area contributed by atoms with Gasteiger partial charge in [0.15, 0.2) is 0 Å². The third-order valence-corrected chi connectivity index (χ3v) is 5.46. The maximum absolute atomic E-state index is 12.8. The largest absolute Gasteiger partial charge is 0.508 e. The molecule has 27 heavy (non-hydrogen) atoms. The molecule has 0 unspecified atom stereocenters. The van der Waals surface area contributed by atoms with Crippen molar-refractivity contribution in [3.8, 4) is 5.75 Å². The van der Waals surface area contributed by atoms with E-state index in [4.69, 9.17) is 0 Å². The summed E-state index contributed by atoms with van der Waals surface area (Å²) in [6.45, 7) is 6.02. The zero-order chi connectivity index (χ0) is 19.0. The van der Waals surface area contributed by atoms with Gasteiger partial charge in [0, 0.05) is 25.2 Å². The van der Waals surface area contributed by atoms with Crippen LogP contribution in [0.2, 0.25) is 0 Å². The molecule has 1 amide bonds. The van der Waals surface area contributed by atoms with Crippen molar-refractivity contribution in [1.82, 2.24) is 19.6 Å². The molecular weight excluding hydrogens is 344 g/mol. The number of aryl methyl sites for hydroxylation is 1. The number of hydrogen-bond donors (Lipinski definition) is 2. The van der Waals surface area contributed by atoms with Crippen LogP contribution in [0.1, 0.15) is 40.2 Å². The number of carbonyl (C=O) groups is 1. The summed E-state index contributed by atoms with van der Waals surface area (Å²) >= 11 is 0. The molecule has 2 N–H and O–H groups in total. The van der Waals surface area contributed by atoms with Gasteiger partial charge in [-0.2, -0.15) is 5.10 Å². The number of benzene rings is 1. The molecule has 1 atom stereocenters. The molecule has 0 spiro atoms. The van der Waals surface area contributed by atoms with Gasteiger partial charge in [-0.3, -0.25) is 14.4 Å². The molecule has 7 nitrogen and oxygen atoms in total. The summed E-state index contributed by atoms with van der Waals surface area (Å²) in [6, 6.07) is 7.13. The third-order valence-electron chi connectivity index (χ3n) is 5.46. The van der Waals surface area contributed by atoms with E-state index in [9.17, 15) is 15.0 Å². The summed E-state index contributed by atoms with van der Waals surface area (Å²) in [4.78, 5) is 16.8. The van der Waals surface area contributed by atoms with Gasteiger partial charge < -0.3 is 15.1 Å². The standard InChI is InChI=1S/C20H26N4O3/c1-14-4-5-15(9-19(14)26)20(27)23-7-8-24-17(12-23)10-16(21-24)11-22-6-2-3-18(25)13-22/h4-5,9-10,18,25-26H,2-3,6-8,11-13H2,1H3/t18-/m1/s1. The lowest BCUT2D eigenvalue weighted by atomic mass is 10.1. The molecule has 1 saturated heterocycles. The average molecular weight is 370 g/mol. The summed E-state index contributed by atoms with van der Waals surface area (Å²) in [5.41, 5.74) is 3.28. The van der Waals surface area contributed by atoms with Crippen LogP contribution < -0.4 is 0 Å². The predicted octanol–water partition coefficient (Wildman–Crippen LogP) is 1.51. The number of hydrogen-bond acceptors (Lipinski definition) is 5. The van der Waals surface area contributed by atoms with Gasteiger partial charge in [0.05, 0.1) is 30.6 Å². The zero-order valence-corrected chi connectivity index (χ0v) is 15.6. The number of fused-ring (bicyclic) bond motifs is 1. The minimum absolute atomic E-state index is 0.0709. The fourth-order valence-electron chi connectivity index (χ4n) is 3.91. The molecule has 7 heteroatoms. The zero-order valence-electron chi connectivity index (χ0n) is 15.6. The maximum Gasteiger partial charge on any atom is 0.254 e. The Morgan fingerprint density at radius 2 is 2.11 bits per heavy atom. The molecule has 2 aliphatic rings. The molecule has 144 valence electrons. The Kier molecular flexibility index (Phi) is 4.88. The van der Waals surface area contributed by atoms with Crippen LogP contribution in [-0.2, 0) is 19.6 Å². The van der Waals surface area contributed by atoms with Crippen molar-refractivity contribution in [1.29, 1.82) is 0 Å². The van der Waals surface area contributed by atoms with Gasteiger partial charge in [0.2, 0.25) is 0 Å². The number of likely N-dealkylation sites (tertiary alicyclic amines) is 1. The van der Waals surface area contributed by atoms with Gasteiger partial charge in [-0.1, -0.05) is 6.07 Å². The quantitative estimate of drug-likeness (QED) is 0.856. The first kappa shape index (κ1) is 18.0. The second-order valence-corrected chi connectivity index (χ2v) is 7.61. The van der Waals surface area contributed by atoms with Crippen LogP contribution in [0.5, 0.6) is 5.75 Å². The topological polar surface area (TPSA) is 81.8 Å². The molecule has 4 rings (SSSR count). The monoisotopic (exact) mass is 370 g/mol. The number of carbonyl (C=O) groups excluding carboxylic acids is 1. The highest BCUT2D eigenvalue weighted by molar-refractivity contribution is 5.94. The van der Waals surface area contributed by atoms with Crippen molar-refractivity contribution in [2.45, 2.75) is 45.5 Å². The first-order valence-electron chi connectivity index (χ1n) is 9.54. The van der Waals surface area contributed by atoms with Crippen LogP contribution in [0.25, 0.3) is 0 Å². The highest BCUT2D eigenvalue weighted by Crippen LogP contribution is 2.22. The normalized spacial score (nSPS) is 20.5. The predicted molar refractivity (Wildman–Crippen MR) is 100 cm³/mol. The van der Waals surface area contributed by atoms with Crippen LogP contribution in [0, 0.1) is 6.92 Å². The average Bonchev–Trinajstić information content (AvgIpc) is 3.04. The second kappa shape index (κ2) is 7.32. The number of β-amino-alcohol motifs (C(OH)–C–C–N with tert-alkyl or cyclic N) is 1. The number of aromatic nitrogens is 2. The van der Waals surface area contributed by atoms with Crippen LogP contribution in [0.3, 0.4) is 0 Å². The Bertz CT molecular complexity index is 848. The van der Waals surface area contributed by atoms with E-state index in [-0.39, 0.29) is 17.8 Å². The molecule has 0 aliphatic carbocycles. The summed E-state index contributed by atoms with van der Waals surface area (Å²) in [6.07, 6.45) is 1.65. The SMILES string of the molecule is Cc1ccc(C(=O)N2CCn3nc(CN4CCC[C@@H](O)C4)cc3C2)cc1O. The van der Waals surface area contributed by atoms with Crippen molar-refractivity contribution in [3.63, 3.8) is 0 Å². The highest BCUT2D eigenvalue weighted by atomic mass is 16.3. The Morgan fingerprint density at radius 1 is 1.26 bits per heavy atom. The number of nitrogens with zero attached hydrogens (tertiary/aromatic N) is 4. The van der Waals surface area contributed by atoms with Gasteiger partial charge in [-0.25, -0.2) is 0 Å².